The van der Waals surface area contributed by atoms with Crippen LogP contribution in [-0.2, 0) is 6.54 Å². The molecule has 6 nitrogen and oxygen atoms in total. The highest BCUT2D eigenvalue weighted by molar-refractivity contribution is 5.23. The lowest BCUT2D eigenvalue weighted by Gasteiger charge is -2.27. The number of hydrogen-bond acceptors (Lipinski definition) is 6. The predicted octanol–water partition coefficient (Wildman–Crippen LogP) is -0.326. The maximum atomic E-state index is 10.3. The Labute approximate surface area is 107 Å². The van der Waals surface area contributed by atoms with Gasteiger partial charge in [-0.3, -0.25) is 4.90 Å². The molecule has 2 rings (SSSR count). The third-order valence-electron chi connectivity index (χ3n) is 3.17. The Morgan fingerprint density at radius 2 is 2.22 bits per heavy atom. The zero-order valence-corrected chi connectivity index (χ0v) is 11.0. The Balaban J connectivity index is 1.88. The van der Waals surface area contributed by atoms with Gasteiger partial charge in [-0.1, -0.05) is 0 Å². The van der Waals surface area contributed by atoms with E-state index in [2.05, 4.69) is 25.5 Å². The summed E-state index contributed by atoms with van der Waals surface area (Å²) in [5.74, 6) is 0.625. The van der Waals surface area contributed by atoms with Gasteiger partial charge in [0.05, 0.1) is 5.60 Å². The summed E-state index contributed by atoms with van der Waals surface area (Å²) in [5.41, 5.74) is 0.451. The van der Waals surface area contributed by atoms with Gasteiger partial charge in [-0.15, -0.1) is 0 Å². The molecule has 0 bridgehead atoms. The van der Waals surface area contributed by atoms with Crippen LogP contribution < -0.4 is 10.6 Å². The molecule has 1 aromatic rings. The van der Waals surface area contributed by atoms with Crippen LogP contribution in [0.5, 0.6) is 0 Å². The van der Waals surface area contributed by atoms with Gasteiger partial charge in [-0.05, 0) is 20.0 Å². The lowest BCUT2D eigenvalue weighted by Crippen LogP contribution is -2.42. The first kappa shape index (κ1) is 13.2. The second-order valence-electron chi connectivity index (χ2n) is 4.99. The van der Waals surface area contributed by atoms with Crippen molar-refractivity contribution in [1.29, 1.82) is 0 Å². The second kappa shape index (κ2) is 5.60. The van der Waals surface area contributed by atoms with Gasteiger partial charge in [0, 0.05) is 44.6 Å². The smallest absolute Gasteiger partial charge is 0.222 e. The van der Waals surface area contributed by atoms with E-state index in [1.54, 1.807) is 7.05 Å². The molecule has 1 aliphatic rings. The molecule has 0 amide bonds. The number of aliphatic hydroxyl groups is 1. The lowest BCUT2D eigenvalue weighted by atomic mass is 10.0. The van der Waals surface area contributed by atoms with Crippen LogP contribution in [0.4, 0.5) is 5.95 Å². The van der Waals surface area contributed by atoms with Gasteiger partial charge in [0.1, 0.15) is 0 Å². The minimum Gasteiger partial charge on any atom is -0.387 e. The van der Waals surface area contributed by atoms with Crippen molar-refractivity contribution in [3.8, 4) is 0 Å². The average Bonchev–Trinajstić information content (AvgIpc) is 2.76. The highest BCUT2D eigenvalue weighted by Crippen LogP contribution is 2.16. The van der Waals surface area contributed by atoms with Gasteiger partial charge >= 0.3 is 0 Å². The van der Waals surface area contributed by atoms with Crippen molar-refractivity contribution < 1.29 is 5.11 Å². The molecule has 6 heteroatoms. The van der Waals surface area contributed by atoms with Crippen LogP contribution in [0.1, 0.15) is 12.0 Å². The fraction of sp³-hybridized carbons (Fsp3) is 0.667. The average molecular weight is 251 g/mol. The number of hydrogen-bond donors (Lipinski definition) is 3. The van der Waals surface area contributed by atoms with Gasteiger partial charge in [0.15, 0.2) is 0 Å². The SMILES string of the molecule is CNc1ncc(CN(C)C[C@@]2(O)CCNC2)cn1. The van der Waals surface area contributed by atoms with E-state index in [9.17, 15) is 5.11 Å². The zero-order chi connectivity index (χ0) is 13.0. The number of aromatic nitrogens is 2. The number of likely N-dealkylation sites (N-methyl/N-ethyl adjacent to an activating group) is 1. The fourth-order valence-corrected chi connectivity index (χ4v) is 2.30. The molecular weight excluding hydrogens is 230 g/mol. The summed E-state index contributed by atoms with van der Waals surface area (Å²) >= 11 is 0. The highest BCUT2D eigenvalue weighted by Gasteiger charge is 2.31. The largest absolute Gasteiger partial charge is 0.387 e. The van der Waals surface area contributed by atoms with Crippen molar-refractivity contribution in [3.05, 3.63) is 18.0 Å². The van der Waals surface area contributed by atoms with Gasteiger partial charge in [-0.2, -0.15) is 0 Å². The molecule has 0 spiro atoms. The van der Waals surface area contributed by atoms with Gasteiger partial charge in [-0.25, -0.2) is 9.97 Å². The van der Waals surface area contributed by atoms with E-state index in [1.165, 1.54) is 0 Å². The molecule has 1 aromatic heterocycles. The second-order valence-corrected chi connectivity index (χ2v) is 4.99. The van der Waals surface area contributed by atoms with Crippen molar-refractivity contribution in [1.82, 2.24) is 20.2 Å². The lowest BCUT2D eigenvalue weighted by molar-refractivity contribution is 0.0263. The Bertz CT molecular complexity index is 375. The molecular formula is C12H21N5O. The molecule has 18 heavy (non-hydrogen) atoms. The quantitative estimate of drug-likeness (QED) is 0.666. The molecule has 100 valence electrons. The molecule has 1 fully saturated rings. The molecule has 1 saturated heterocycles. The van der Waals surface area contributed by atoms with Crippen LogP contribution in [0, 0.1) is 0 Å². The van der Waals surface area contributed by atoms with E-state index in [4.69, 9.17) is 0 Å². The molecule has 0 radical (unpaired) electrons. The van der Waals surface area contributed by atoms with Gasteiger partial charge in [0.2, 0.25) is 5.95 Å². The van der Waals surface area contributed by atoms with Crippen molar-refractivity contribution in [2.75, 3.05) is 39.0 Å². The molecule has 2 heterocycles. The maximum absolute atomic E-state index is 10.3. The van der Waals surface area contributed by atoms with Crippen LogP contribution >= 0.6 is 0 Å². The summed E-state index contributed by atoms with van der Waals surface area (Å²) in [6, 6.07) is 0. The standard InChI is InChI=1S/C12H21N5O/c1-13-11-15-5-10(6-16-11)7-17(2)9-12(18)3-4-14-8-12/h5-6,14,18H,3-4,7-9H2,1-2H3,(H,13,15,16)/t12-/m1/s1. The van der Waals surface area contributed by atoms with Crippen molar-refractivity contribution in [2.24, 2.45) is 0 Å². The summed E-state index contributed by atoms with van der Waals surface area (Å²) in [6.07, 6.45) is 4.44. The number of rotatable bonds is 5. The number of nitrogens with zero attached hydrogens (tertiary/aromatic N) is 3. The monoisotopic (exact) mass is 251 g/mol. The van der Waals surface area contributed by atoms with Crippen LogP contribution in [0.2, 0.25) is 0 Å². The first-order valence-electron chi connectivity index (χ1n) is 6.22. The minimum atomic E-state index is -0.597. The van der Waals surface area contributed by atoms with Crippen molar-refractivity contribution >= 4 is 5.95 Å². The van der Waals surface area contributed by atoms with E-state index in [0.717, 1.165) is 25.1 Å². The van der Waals surface area contributed by atoms with E-state index < -0.39 is 5.60 Å². The van der Waals surface area contributed by atoms with Crippen molar-refractivity contribution in [2.45, 2.75) is 18.6 Å². The summed E-state index contributed by atoms with van der Waals surface area (Å²) < 4.78 is 0. The molecule has 0 aromatic carbocycles. The fourth-order valence-electron chi connectivity index (χ4n) is 2.30. The molecule has 0 saturated carbocycles. The molecule has 0 aliphatic carbocycles. The van der Waals surface area contributed by atoms with E-state index in [0.29, 0.717) is 19.0 Å². The molecule has 1 aliphatic heterocycles. The van der Waals surface area contributed by atoms with Crippen LogP contribution in [0.3, 0.4) is 0 Å². The maximum Gasteiger partial charge on any atom is 0.222 e. The first-order chi connectivity index (χ1) is 8.61. The van der Waals surface area contributed by atoms with Gasteiger partial charge < -0.3 is 15.7 Å². The summed E-state index contributed by atoms with van der Waals surface area (Å²) in [4.78, 5) is 10.5. The Morgan fingerprint density at radius 3 is 2.78 bits per heavy atom. The molecule has 0 unspecified atom stereocenters. The topological polar surface area (TPSA) is 73.3 Å². The Hall–Kier alpha value is -1.24. The molecule has 3 N–H and O–H groups in total. The minimum absolute atomic E-state index is 0.597. The number of anilines is 1. The Kier molecular flexibility index (Phi) is 4.11. The van der Waals surface area contributed by atoms with Crippen LogP contribution in [0.25, 0.3) is 0 Å². The predicted molar refractivity (Wildman–Crippen MR) is 70.3 cm³/mol. The van der Waals surface area contributed by atoms with Gasteiger partial charge in [0.25, 0.3) is 0 Å². The Morgan fingerprint density at radius 1 is 1.50 bits per heavy atom. The van der Waals surface area contributed by atoms with Crippen LogP contribution in [0.15, 0.2) is 12.4 Å². The normalized spacial score (nSPS) is 23.6. The van der Waals surface area contributed by atoms with E-state index in [1.807, 2.05) is 19.4 Å². The number of β-amino-alcohol motifs (C(OH)–C–C–N with tert-alkyl or cyclic N) is 1. The van der Waals surface area contributed by atoms with E-state index in [-0.39, 0.29) is 0 Å². The summed E-state index contributed by atoms with van der Waals surface area (Å²) in [5, 5.41) is 16.4. The van der Waals surface area contributed by atoms with Crippen LogP contribution in [-0.4, -0.2) is 59.3 Å². The van der Waals surface area contributed by atoms with Crippen molar-refractivity contribution in [3.63, 3.8) is 0 Å². The summed E-state index contributed by atoms with van der Waals surface area (Å²) in [6.45, 7) is 2.97. The molecule has 1 atom stereocenters. The highest BCUT2D eigenvalue weighted by atomic mass is 16.3. The summed E-state index contributed by atoms with van der Waals surface area (Å²) in [7, 11) is 3.80. The van der Waals surface area contributed by atoms with E-state index >= 15 is 0 Å². The number of nitrogens with one attached hydrogen (secondary N) is 2. The third-order valence-corrected chi connectivity index (χ3v) is 3.17. The third kappa shape index (κ3) is 3.38. The first-order valence-corrected chi connectivity index (χ1v) is 6.22. The zero-order valence-electron chi connectivity index (χ0n) is 11.0.